The number of fused-ring (bicyclic) bond motifs is 1. The Morgan fingerprint density at radius 3 is 2.05 bits per heavy atom. The van der Waals surface area contributed by atoms with E-state index in [0.717, 1.165) is 0 Å². The summed E-state index contributed by atoms with van der Waals surface area (Å²) in [5, 5.41) is 0. The van der Waals surface area contributed by atoms with Gasteiger partial charge in [-0.15, -0.1) is 0 Å². The van der Waals surface area contributed by atoms with Crippen molar-refractivity contribution in [3.8, 4) is 0 Å². The number of hydrogen-bond donors (Lipinski definition) is 0. The van der Waals surface area contributed by atoms with Crippen molar-refractivity contribution in [2.75, 3.05) is 0 Å². The van der Waals surface area contributed by atoms with Crippen molar-refractivity contribution in [1.82, 2.24) is 0 Å². The van der Waals surface area contributed by atoms with Crippen LogP contribution in [0.1, 0.15) is 20.7 Å². The van der Waals surface area contributed by atoms with Gasteiger partial charge in [0.15, 0.2) is 11.6 Å². The molecule has 0 aromatic heterocycles. The fourth-order valence-corrected chi connectivity index (χ4v) is 2.21. The molecule has 0 radical (unpaired) electrons. The van der Waals surface area contributed by atoms with Gasteiger partial charge in [-0.1, -0.05) is 36.4 Å². The number of benzene rings is 2. The van der Waals surface area contributed by atoms with Crippen molar-refractivity contribution >= 4 is 23.5 Å². The lowest BCUT2D eigenvalue weighted by Crippen LogP contribution is -2.16. The van der Waals surface area contributed by atoms with Crippen molar-refractivity contribution < 1.29 is 14.0 Å². The minimum Gasteiger partial charge on any atom is -0.293 e. The van der Waals surface area contributed by atoms with Crippen molar-refractivity contribution in [3.63, 3.8) is 0 Å². The summed E-state index contributed by atoms with van der Waals surface area (Å²) in [7, 11) is 0. The van der Waals surface area contributed by atoms with Gasteiger partial charge in [-0.3, -0.25) is 14.6 Å². The molecule has 0 heterocycles. The summed E-state index contributed by atoms with van der Waals surface area (Å²) in [4.78, 5) is 28.1. The molecule has 1 aliphatic carbocycles. The molecule has 1 aliphatic rings. The van der Waals surface area contributed by atoms with E-state index < -0.39 is 11.7 Å². The van der Waals surface area contributed by atoms with Crippen LogP contribution in [0.25, 0.3) is 0 Å². The van der Waals surface area contributed by atoms with Gasteiger partial charge in [0.25, 0.3) is 0 Å². The molecule has 2 aromatic carbocycles. The van der Waals surface area contributed by atoms with Gasteiger partial charge >= 0.3 is 0 Å². The fourth-order valence-electron chi connectivity index (χ4n) is 2.21. The van der Waals surface area contributed by atoms with Crippen molar-refractivity contribution in [2.24, 2.45) is 10.9 Å². The highest BCUT2D eigenvalue weighted by Crippen LogP contribution is 2.26. The standard InChI is InChI=1S/C16H10FNO2/c17-13-7-3-4-8-14(13)18-9-12-15(19)10-5-1-2-6-11(10)16(12)20/h1-9,12H. The summed E-state index contributed by atoms with van der Waals surface area (Å²) >= 11 is 0. The van der Waals surface area contributed by atoms with Crippen LogP contribution in [-0.4, -0.2) is 17.8 Å². The number of para-hydroxylation sites is 1. The number of Topliss-reactive ketones (excluding diaryl/α,β-unsaturated/α-hetero) is 2. The minimum atomic E-state index is -0.952. The lowest BCUT2D eigenvalue weighted by molar-refractivity contribution is 0.0886. The first kappa shape index (κ1) is 12.4. The molecule has 4 heteroatoms. The van der Waals surface area contributed by atoms with E-state index in [1.54, 1.807) is 36.4 Å². The van der Waals surface area contributed by atoms with Gasteiger partial charge < -0.3 is 0 Å². The first-order valence-electron chi connectivity index (χ1n) is 6.14. The average Bonchev–Trinajstić information content (AvgIpc) is 2.71. The summed E-state index contributed by atoms with van der Waals surface area (Å²) in [6, 6.07) is 12.6. The molecule has 20 heavy (non-hydrogen) atoms. The van der Waals surface area contributed by atoms with Gasteiger partial charge in [-0.05, 0) is 12.1 Å². The number of hydrogen-bond acceptors (Lipinski definition) is 3. The Labute approximate surface area is 114 Å². The molecule has 0 atom stereocenters. The molecule has 0 saturated heterocycles. The minimum absolute atomic E-state index is 0.115. The molecule has 0 unspecified atom stereocenters. The normalized spacial score (nSPS) is 15.1. The lowest BCUT2D eigenvalue weighted by atomic mass is 10.1. The number of aliphatic imine (C=N–C) groups is 1. The highest BCUT2D eigenvalue weighted by Gasteiger charge is 2.36. The maximum absolute atomic E-state index is 13.4. The number of carbonyl (C=O) groups is 2. The predicted molar refractivity (Wildman–Crippen MR) is 73.1 cm³/mol. The SMILES string of the molecule is O=C1c2ccccc2C(=O)C1C=Nc1ccccc1F. The van der Waals surface area contributed by atoms with Crippen LogP contribution in [-0.2, 0) is 0 Å². The molecule has 0 amide bonds. The summed E-state index contributed by atoms with van der Waals surface area (Å²) in [6.07, 6.45) is 1.23. The predicted octanol–water partition coefficient (Wildman–Crippen LogP) is 3.22. The topological polar surface area (TPSA) is 46.5 Å². The molecular weight excluding hydrogens is 257 g/mol. The maximum Gasteiger partial charge on any atom is 0.179 e. The van der Waals surface area contributed by atoms with Crippen molar-refractivity contribution in [2.45, 2.75) is 0 Å². The highest BCUT2D eigenvalue weighted by molar-refractivity contribution is 6.33. The van der Waals surface area contributed by atoms with Gasteiger partial charge in [0, 0.05) is 17.3 Å². The Bertz CT molecular complexity index is 702. The van der Waals surface area contributed by atoms with Crippen LogP contribution < -0.4 is 0 Å². The number of ketones is 2. The quantitative estimate of drug-likeness (QED) is 0.619. The largest absolute Gasteiger partial charge is 0.293 e. The van der Waals surface area contributed by atoms with E-state index in [2.05, 4.69) is 4.99 Å². The van der Waals surface area contributed by atoms with Crippen LogP contribution >= 0.6 is 0 Å². The Morgan fingerprint density at radius 1 is 0.900 bits per heavy atom. The van der Waals surface area contributed by atoms with Gasteiger partial charge in [0.05, 0.1) is 5.69 Å². The maximum atomic E-state index is 13.4. The van der Waals surface area contributed by atoms with Crippen LogP contribution in [0.3, 0.4) is 0 Å². The van der Waals surface area contributed by atoms with E-state index in [1.807, 2.05) is 0 Å². The fraction of sp³-hybridized carbons (Fsp3) is 0.0625. The zero-order valence-electron chi connectivity index (χ0n) is 10.4. The molecule has 0 saturated carbocycles. The van der Waals surface area contributed by atoms with Crippen LogP contribution in [0.15, 0.2) is 53.5 Å². The molecular formula is C16H10FNO2. The number of halogens is 1. The molecule has 0 fully saturated rings. The zero-order valence-corrected chi connectivity index (χ0v) is 10.4. The summed E-state index contributed by atoms with van der Waals surface area (Å²) in [6.45, 7) is 0. The number of nitrogens with zero attached hydrogens (tertiary/aromatic N) is 1. The Kier molecular flexibility index (Phi) is 2.99. The molecule has 3 rings (SSSR count). The third kappa shape index (κ3) is 1.95. The summed E-state index contributed by atoms with van der Waals surface area (Å²) in [5.74, 6) is -2.01. The van der Waals surface area contributed by atoms with Crippen LogP contribution in [0.4, 0.5) is 10.1 Å². The molecule has 3 nitrogen and oxygen atoms in total. The van der Waals surface area contributed by atoms with Gasteiger partial charge in [-0.25, -0.2) is 4.39 Å². The Morgan fingerprint density at radius 2 is 1.45 bits per heavy atom. The smallest absolute Gasteiger partial charge is 0.179 e. The second kappa shape index (κ2) is 4.81. The second-order valence-electron chi connectivity index (χ2n) is 4.48. The molecule has 98 valence electrons. The summed E-state index contributed by atoms with van der Waals surface area (Å²) < 4.78 is 13.4. The van der Waals surface area contributed by atoms with Gasteiger partial charge in [-0.2, -0.15) is 0 Å². The third-order valence-corrected chi connectivity index (χ3v) is 3.24. The van der Waals surface area contributed by atoms with Crippen LogP contribution in [0, 0.1) is 11.7 Å². The molecule has 0 aliphatic heterocycles. The van der Waals surface area contributed by atoms with Gasteiger partial charge in [0.2, 0.25) is 0 Å². The van der Waals surface area contributed by atoms with Crippen LogP contribution in [0.5, 0.6) is 0 Å². The zero-order chi connectivity index (χ0) is 14.1. The second-order valence-corrected chi connectivity index (χ2v) is 4.48. The van der Waals surface area contributed by atoms with E-state index in [9.17, 15) is 14.0 Å². The lowest BCUT2D eigenvalue weighted by Gasteiger charge is -1.99. The molecule has 0 N–H and O–H groups in total. The molecule has 0 bridgehead atoms. The molecule has 0 spiro atoms. The first-order valence-corrected chi connectivity index (χ1v) is 6.14. The monoisotopic (exact) mass is 267 g/mol. The number of rotatable bonds is 2. The summed E-state index contributed by atoms with van der Waals surface area (Å²) in [5.41, 5.74) is 0.925. The highest BCUT2D eigenvalue weighted by atomic mass is 19.1. The Balaban J connectivity index is 1.93. The first-order chi connectivity index (χ1) is 9.68. The van der Waals surface area contributed by atoms with Crippen LogP contribution in [0.2, 0.25) is 0 Å². The van der Waals surface area contributed by atoms with Crippen molar-refractivity contribution in [3.05, 3.63) is 65.5 Å². The average molecular weight is 267 g/mol. The molecule has 2 aromatic rings. The Hall–Kier alpha value is -2.62. The van der Waals surface area contributed by atoms with E-state index >= 15 is 0 Å². The van der Waals surface area contributed by atoms with E-state index in [4.69, 9.17) is 0 Å². The van der Waals surface area contributed by atoms with E-state index in [1.165, 1.54) is 18.3 Å². The van der Waals surface area contributed by atoms with E-state index in [-0.39, 0.29) is 17.3 Å². The van der Waals surface area contributed by atoms with Crippen molar-refractivity contribution in [1.29, 1.82) is 0 Å². The number of carbonyl (C=O) groups excluding carboxylic acids is 2. The third-order valence-electron chi connectivity index (χ3n) is 3.24. The van der Waals surface area contributed by atoms with E-state index in [0.29, 0.717) is 11.1 Å². The van der Waals surface area contributed by atoms with Gasteiger partial charge in [0.1, 0.15) is 11.7 Å².